The van der Waals surface area contributed by atoms with E-state index in [1.54, 1.807) is 30.0 Å². The van der Waals surface area contributed by atoms with Crippen LogP contribution in [0.5, 0.6) is 0 Å². The molecule has 1 aliphatic rings. The Morgan fingerprint density at radius 3 is 2.57 bits per heavy atom. The number of nitrogens with two attached hydrogens (primary N) is 1. The summed E-state index contributed by atoms with van der Waals surface area (Å²) in [6.07, 6.45) is 0. The van der Waals surface area contributed by atoms with Crippen LogP contribution in [0.25, 0.3) is 0 Å². The first kappa shape index (κ1) is 15.6. The molecule has 114 valence electrons. The van der Waals surface area contributed by atoms with Crippen molar-refractivity contribution in [1.82, 2.24) is 9.80 Å². The Morgan fingerprint density at radius 1 is 1.29 bits per heavy atom. The van der Waals surface area contributed by atoms with Crippen LogP contribution in [0.3, 0.4) is 0 Å². The van der Waals surface area contributed by atoms with Gasteiger partial charge in [0.2, 0.25) is 11.8 Å². The minimum Gasteiger partial charge on any atom is -0.399 e. The van der Waals surface area contributed by atoms with Crippen molar-refractivity contribution in [3.05, 3.63) is 23.2 Å². The normalized spacial score (nSPS) is 15.8. The highest BCUT2D eigenvalue weighted by Crippen LogP contribution is 2.23. The second kappa shape index (κ2) is 6.78. The standard InChI is InChI=1S/C14H19ClN4O2/c1-10(20)19-6-4-18(5-7-19)9-14(21)17-13-8-11(16)2-3-12(13)15/h2-3,8H,4-7,9,16H2,1H3,(H,17,21). The second-order valence-corrected chi connectivity index (χ2v) is 5.48. The van der Waals surface area contributed by atoms with Gasteiger partial charge in [0.05, 0.1) is 17.3 Å². The summed E-state index contributed by atoms with van der Waals surface area (Å²) < 4.78 is 0. The smallest absolute Gasteiger partial charge is 0.238 e. The van der Waals surface area contributed by atoms with Crippen LogP contribution in [0, 0.1) is 0 Å². The monoisotopic (exact) mass is 310 g/mol. The van der Waals surface area contributed by atoms with Crippen LogP contribution < -0.4 is 11.1 Å². The Balaban J connectivity index is 1.85. The van der Waals surface area contributed by atoms with Crippen molar-refractivity contribution in [1.29, 1.82) is 0 Å². The predicted molar refractivity (Wildman–Crippen MR) is 83.2 cm³/mol. The zero-order valence-corrected chi connectivity index (χ0v) is 12.7. The average Bonchev–Trinajstić information content (AvgIpc) is 2.43. The summed E-state index contributed by atoms with van der Waals surface area (Å²) >= 11 is 6.01. The number of anilines is 2. The lowest BCUT2D eigenvalue weighted by molar-refractivity contribution is -0.130. The number of hydrogen-bond donors (Lipinski definition) is 2. The van der Waals surface area contributed by atoms with Gasteiger partial charge in [0.15, 0.2) is 0 Å². The molecule has 0 aromatic heterocycles. The molecule has 0 saturated carbocycles. The zero-order chi connectivity index (χ0) is 15.4. The molecule has 1 fully saturated rings. The summed E-state index contributed by atoms with van der Waals surface area (Å²) in [6, 6.07) is 4.96. The molecule has 0 unspecified atom stereocenters. The molecular weight excluding hydrogens is 292 g/mol. The summed E-state index contributed by atoms with van der Waals surface area (Å²) in [6.45, 7) is 4.53. The number of carbonyl (C=O) groups excluding carboxylic acids is 2. The van der Waals surface area contributed by atoms with Gasteiger partial charge in [-0.15, -0.1) is 0 Å². The Kier molecular flexibility index (Phi) is 5.03. The lowest BCUT2D eigenvalue weighted by Gasteiger charge is -2.33. The van der Waals surface area contributed by atoms with E-state index < -0.39 is 0 Å². The largest absolute Gasteiger partial charge is 0.399 e. The number of nitrogens with zero attached hydrogens (tertiary/aromatic N) is 2. The quantitative estimate of drug-likeness (QED) is 0.817. The minimum atomic E-state index is -0.140. The molecule has 1 heterocycles. The van der Waals surface area contributed by atoms with E-state index in [1.165, 1.54) is 0 Å². The van der Waals surface area contributed by atoms with Crippen molar-refractivity contribution < 1.29 is 9.59 Å². The van der Waals surface area contributed by atoms with Crippen LogP contribution in [0.1, 0.15) is 6.92 Å². The van der Waals surface area contributed by atoms with Gasteiger partial charge in [0, 0.05) is 38.8 Å². The Labute approximate surface area is 128 Å². The number of nitrogens with one attached hydrogen (secondary N) is 1. The summed E-state index contributed by atoms with van der Waals surface area (Å²) in [5, 5.41) is 3.22. The SMILES string of the molecule is CC(=O)N1CCN(CC(=O)Nc2cc(N)ccc2Cl)CC1. The molecule has 0 radical (unpaired) electrons. The van der Waals surface area contributed by atoms with Crippen molar-refractivity contribution in [2.24, 2.45) is 0 Å². The maximum absolute atomic E-state index is 12.0. The van der Waals surface area contributed by atoms with E-state index >= 15 is 0 Å². The molecule has 1 saturated heterocycles. The third-order valence-electron chi connectivity index (χ3n) is 3.45. The lowest BCUT2D eigenvalue weighted by atomic mass is 10.2. The van der Waals surface area contributed by atoms with E-state index in [4.69, 9.17) is 17.3 Å². The van der Waals surface area contributed by atoms with Gasteiger partial charge >= 0.3 is 0 Å². The lowest BCUT2D eigenvalue weighted by Crippen LogP contribution is -2.49. The van der Waals surface area contributed by atoms with Crippen molar-refractivity contribution in [2.75, 3.05) is 43.8 Å². The van der Waals surface area contributed by atoms with Crippen molar-refractivity contribution >= 4 is 34.8 Å². The Hall–Kier alpha value is -1.79. The highest BCUT2D eigenvalue weighted by Gasteiger charge is 2.20. The van der Waals surface area contributed by atoms with E-state index in [0.29, 0.717) is 42.6 Å². The van der Waals surface area contributed by atoms with Crippen LogP contribution in [0.2, 0.25) is 5.02 Å². The van der Waals surface area contributed by atoms with Gasteiger partial charge in [0.25, 0.3) is 0 Å². The molecule has 2 amide bonds. The summed E-state index contributed by atoms with van der Waals surface area (Å²) in [7, 11) is 0. The molecule has 0 atom stereocenters. The zero-order valence-electron chi connectivity index (χ0n) is 11.9. The molecule has 1 aromatic carbocycles. The van der Waals surface area contributed by atoms with E-state index in [1.807, 2.05) is 4.90 Å². The number of amides is 2. The molecule has 0 bridgehead atoms. The molecule has 1 aromatic rings. The second-order valence-electron chi connectivity index (χ2n) is 5.07. The molecule has 3 N–H and O–H groups in total. The van der Waals surface area contributed by atoms with Crippen molar-refractivity contribution in [2.45, 2.75) is 6.92 Å². The maximum Gasteiger partial charge on any atom is 0.238 e. The first-order valence-electron chi connectivity index (χ1n) is 6.78. The Morgan fingerprint density at radius 2 is 1.95 bits per heavy atom. The maximum atomic E-state index is 12.0. The number of halogens is 1. The van der Waals surface area contributed by atoms with Gasteiger partial charge < -0.3 is 16.0 Å². The van der Waals surface area contributed by atoms with Gasteiger partial charge in [-0.25, -0.2) is 0 Å². The minimum absolute atomic E-state index is 0.0747. The van der Waals surface area contributed by atoms with E-state index in [9.17, 15) is 9.59 Å². The first-order valence-corrected chi connectivity index (χ1v) is 7.16. The van der Waals surface area contributed by atoms with Gasteiger partial charge in [-0.05, 0) is 18.2 Å². The fourth-order valence-corrected chi connectivity index (χ4v) is 2.42. The van der Waals surface area contributed by atoms with Crippen LogP contribution in [0.4, 0.5) is 11.4 Å². The van der Waals surface area contributed by atoms with Crippen LogP contribution >= 0.6 is 11.6 Å². The molecule has 1 aliphatic heterocycles. The fourth-order valence-electron chi connectivity index (χ4n) is 2.25. The number of benzene rings is 1. The van der Waals surface area contributed by atoms with Crippen LogP contribution in [-0.4, -0.2) is 54.3 Å². The average molecular weight is 311 g/mol. The van der Waals surface area contributed by atoms with Crippen molar-refractivity contribution in [3.8, 4) is 0 Å². The summed E-state index contributed by atoms with van der Waals surface area (Å²) in [4.78, 5) is 27.1. The summed E-state index contributed by atoms with van der Waals surface area (Å²) in [5.74, 6) is -0.0654. The van der Waals surface area contributed by atoms with Crippen LogP contribution in [0.15, 0.2) is 18.2 Å². The molecule has 7 heteroatoms. The topological polar surface area (TPSA) is 78.7 Å². The van der Waals surface area contributed by atoms with Gasteiger partial charge in [-0.2, -0.15) is 0 Å². The third-order valence-corrected chi connectivity index (χ3v) is 3.78. The molecule has 0 aliphatic carbocycles. The highest BCUT2D eigenvalue weighted by atomic mass is 35.5. The highest BCUT2D eigenvalue weighted by molar-refractivity contribution is 6.33. The van der Waals surface area contributed by atoms with E-state index in [2.05, 4.69) is 5.32 Å². The number of rotatable bonds is 3. The Bertz CT molecular complexity index is 542. The molecular formula is C14H19ClN4O2. The third kappa shape index (κ3) is 4.34. The molecule has 6 nitrogen and oxygen atoms in total. The molecule has 21 heavy (non-hydrogen) atoms. The number of piperazine rings is 1. The number of carbonyl (C=O) groups is 2. The first-order chi connectivity index (χ1) is 9.95. The van der Waals surface area contributed by atoms with Crippen molar-refractivity contribution in [3.63, 3.8) is 0 Å². The van der Waals surface area contributed by atoms with E-state index in [-0.39, 0.29) is 18.4 Å². The predicted octanol–water partition coefficient (Wildman–Crippen LogP) is 1.02. The number of nitrogen functional groups attached to an aromatic ring is 1. The molecule has 0 spiro atoms. The van der Waals surface area contributed by atoms with Crippen LogP contribution in [-0.2, 0) is 9.59 Å². The van der Waals surface area contributed by atoms with Gasteiger partial charge in [0.1, 0.15) is 0 Å². The van der Waals surface area contributed by atoms with E-state index in [0.717, 1.165) is 0 Å². The summed E-state index contributed by atoms with van der Waals surface area (Å²) in [5.41, 5.74) is 6.74. The number of hydrogen-bond acceptors (Lipinski definition) is 4. The van der Waals surface area contributed by atoms with Gasteiger partial charge in [-0.3, -0.25) is 14.5 Å². The fraction of sp³-hybridized carbons (Fsp3) is 0.429. The molecule has 2 rings (SSSR count). The van der Waals surface area contributed by atoms with Gasteiger partial charge in [-0.1, -0.05) is 11.6 Å².